The molecule has 3 nitrogen and oxygen atoms in total. The Morgan fingerprint density at radius 3 is 2.37 bits per heavy atom. The number of halogens is 1. The van der Waals surface area contributed by atoms with E-state index in [4.69, 9.17) is 4.42 Å². The molecule has 0 radical (unpaired) electrons. The molecule has 0 saturated heterocycles. The first-order chi connectivity index (χ1) is 9.31. The van der Waals surface area contributed by atoms with Crippen LogP contribution in [-0.2, 0) is 0 Å². The Balaban J connectivity index is 1.77. The summed E-state index contributed by atoms with van der Waals surface area (Å²) in [5.41, 5.74) is 1.06. The Morgan fingerprint density at radius 2 is 1.74 bits per heavy atom. The highest BCUT2D eigenvalue weighted by atomic mass is 79.9. The Kier molecular flexibility index (Phi) is 3.66. The zero-order valence-corrected chi connectivity index (χ0v) is 12.2. The van der Waals surface area contributed by atoms with Crippen LogP contribution in [-0.4, -0.2) is 9.97 Å². The van der Waals surface area contributed by atoms with E-state index in [1.807, 2.05) is 36.4 Å². The summed E-state index contributed by atoms with van der Waals surface area (Å²) < 4.78 is 6.23. The maximum atomic E-state index is 5.35. The molecule has 0 aliphatic rings. The molecular formula is C14H9BrN2OS. The first-order valence-electron chi connectivity index (χ1n) is 5.60. The van der Waals surface area contributed by atoms with Crippen LogP contribution < -0.4 is 0 Å². The molecule has 0 amide bonds. The van der Waals surface area contributed by atoms with Gasteiger partial charge in [0.1, 0.15) is 5.76 Å². The van der Waals surface area contributed by atoms with Crippen molar-refractivity contribution in [3.05, 3.63) is 59.5 Å². The van der Waals surface area contributed by atoms with E-state index >= 15 is 0 Å². The van der Waals surface area contributed by atoms with Gasteiger partial charge in [-0.05, 0) is 52.0 Å². The maximum Gasteiger partial charge on any atom is 0.192 e. The molecule has 0 aliphatic carbocycles. The van der Waals surface area contributed by atoms with Gasteiger partial charge in [0.2, 0.25) is 0 Å². The number of rotatable bonds is 3. The van der Waals surface area contributed by atoms with Crippen molar-refractivity contribution in [2.45, 2.75) is 10.1 Å². The number of aromatic nitrogens is 2. The van der Waals surface area contributed by atoms with Crippen LogP contribution in [0.2, 0.25) is 0 Å². The van der Waals surface area contributed by atoms with E-state index < -0.39 is 0 Å². The minimum absolute atomic E-state index is 0.731. The lowest BCUT2D eigenvalue weighted by atomic mass is 10.2. The predicted molar refractivity (Wildman–Crippen MR) is 78.0 cm³/mol. The molecule has 2 aromatic heterocycles. The third-order valence-electron chi connectivity index (χ3n) is 2.47. The van der Waals surface area contributed by atoms with Crippen LogP contribution >= 0.6 is 27.7 Å². The average molecular weight is 333 g/mol. The van der Waals surface area contributed by atoms with Crippen molar-refractivity contribution < 1.29 is 4.42 Å². The third-order valence-corrected chi connectivity index (χ3v) is 3.78. The van der Waals surface area contributed by atoms with E-state index in [-0.39, 0.29) is 0 Å². The molecule has 0 unspecified atom stereocenters. The van der Waals surface area contributed by atoms with Crippen LogP contribution in [0.15, 0.2) is 74.0 Å². The van der Waals surface area contributed by atoms with Crippen molar-refractivity contribution >= 4 is 27.7 Å². The molecule has 1 aromatic carbocycles. The van der Waals surface area contributed by atoms with Gasteiger partial charge in [0.15, 0.2) is 5.16 Å². The fourth-order valence-electron chi connectivity index (χ4n) is 1.59. The van der Waals surface area contributed by atoms with E-state index in [0.717, 1.165) is 25.8 Å². The number of hydrogen-bond acceptors (Lipinski definition) is 4. The second-order valence-corrected chi connectivity index (χ2v) is 5.74. The number of furan rings is 1. The van der Waals surface area contributed by atoms with Crippen LogP contribution in [0.5, 0.6) is 0 Å². The summed E-state index contributed by atoms with van der Waals surface area (Å²) in [5.74, 6) is 0.872. The van der Waals surface area contributed by atoms with Gasteiger partial charge in [0.25, 0.3) is 0 Å². The summed E-state index contributed by atoms with van der Waals surface area (Å²) in [6.07, 6.45) is 5.16. The van der Waals surface area contributed by atoms with E-state index in [1.165, 1.54) is 11.8 Å². The predicted octanol–water partition coefficient (Wildman–Crippen LogP) is 4.65. The normalized spacial score (nSPS) is 10.6. The summed E-state index contributed by atoms with van der Waals surface area (Å²) in [4.78, 5) is 9.56. The van der Waals surface area contributed by atoms with Crippen LogP contribution in [0.25, 0.3) is 11.3 Å². The molecule has 0 N–H and O–H groups in total. The van der Waals surface area contributed by atoms with Gasteiger partial charge < -0.3 is 4.42 Å². The van der Waals surface area contributed by atoms with E-state index in [1.54, 1.807) is 18.7 Å². The van der Waals surface area contributed by atoms with Crippen LogP contribution in [0.4, 0.5) is 0 Å². The van der Waals surface area contributed by atoms with Crippen LogP contribution in [0.1, 0.15) is 0 Å². The molecule has 5 heteroatoms. The first-order valence-corrected chi connectivity index (χ1v) is 7.21. The molecule has 19 heavy (non-hydrogen) atoms. The molecule has 3 aromatic rings. The highest BCUT2D eigenvalue weighted by Crippen LogP contribution is 2.27. The maximum absolute atomic E-state index is 5.35. The Bertz CT molecular complexity index is 651. The number of hydrogen-bond donors (Lipinski definition) is 0. The smallest absolute Gasteiger partial charge is 0.192 e. The Hall–Kier alpha value is -1.59. The molecular weight excluding hydrogens is 324 g/mol. The van der Waals surface area contributed by atoms with Gasteiger partial charge in [0.05, 0.1) is 10.7 Å². The topological polar surface area (TPSA) is 38.9 Å². The van der Waals surface area contributed by atoms with Gasteiger partial charge in [0, 0.05) is 22.9 Å². The lowest BCUT2D eigenvalue weighted by Gasteiger charge is -2.01. The Labute approximate surface area is 123 Å². The summed E-state index contributed by atoms with van der Waals surface area (Å²) >= 11 is 4.85. The van der Waals surface area contributed by atoms with Gasteiger partial charge in [-0.1, -0.05) is 12.1 Å². The van der Waals surface area contributed by atoms with E-state index in [0.29, 0.717) is 0 Å². The molecule has 0 saturated carbocycles. The summed E-state index contributed by atoms with van der Waals surface area (Å²) in [5, 5.41) is 0.731. The largest absolute Gasteiger partial charge is 0.464 e. The van der Waals surface area contributed by atoms with E-state index in [2.05, 4.69) is 25.9 Å². The lowest BCUT2D eigenvalue weighted by Crippen LogP contribution is -1.84. The third kappa shape index (κ3) is 3.05. The molecule has 0 fully saturated rings. The average Bonchev–Trinajstić information content (AvgIpc) is 2.96. The van der Waals surface area contributed by atoms with Crippen molar-refractivity contribution in [2.24, 2.45) is 0 Å². The minimum atomic E-state index is 0.731. The van der Waals surface area contributed by atoms with Crippen molar-refractivity contribution in [3.8, 4) is 11.3 Å². The fraction of sp³-hybridized carbons (Fsp3) is 0. The summed E-state index contributed by atoms with van der Waals surface area (Å²) in [7, 11) is 0. The lowest BCUT2D eigenvalue weighted by molar-refractivity contribution is 0.582. The molecule has 0 atom stereocenters. The van der Waals surface area contributed by atoms with Crippen molar-refractivity contribution in [1.29, 1.82) is 0 Å². The SMILES string of the molecule is Brc1cnc(Sc2ccc(-c3ccco3)cc2)nc1. The second kappa shape index (κ2) is 5.59. The Morgan fingerprint density at radius 1 is 1.00 bits per heavy atom. The van der Waals surface area contributed by atoms with Crippen LogP contribution in [0, 0.1) is 0 Å². The van der Waals surface area contributed by atoms with Crippen molar-refractivity contribution in [1.82, 2.24) is 9.97 Å². The molecule has 3 rings (SSSR count). The quantitative estimate of drug-likeness (QED) is 0.654. The summed E-state index contributed by atoms with van der Waals surface area (Å²) in [6, 6.07) is 12.0. The van der Waals surface area contributed by atoms with Gasteiger partial charge in [-0.2, -0.15) is 0 Å². The van der Waals surface area contributed by atoms with Crippen molar-refractivity contribution in [2.75, 3.05) is 0 Å². The minimum Gasteiger partial charge on any atom is -0.464 e. The van der Waals surface area contributed by atoms with Gasteiger partial charge in [-0.25, -0.2) is 9.97 Å². The van der Waals surface area contributed by atoms with Gasteiger partial charge in [-0.15, -0.1) is 0 Å². The van der Waals surface area contributed by atoms with E-state index in [9.17, 15) is 0 Å². The standard InChI is InChI=1S/C14H9BrN2OS/c15-11-8-16-14(17-9-11)19-12-5-3-10(4-6-12)13-2-1-7-18-13/h1-9H. The molecule has 94 valence electrons. The fourth-order valence-corrected chi connectivity index (χ4v) is 2.49. The molecule has 2 heterocycles. The highest BCUT2D eigenvalue weighted by molar-refractivity contribution is 9.10. The molecule has 0 aliphatic heterocycles. The second-order valence-electron chi connectivity index (χ2n) is 3.79. The van der Waals surface area contributed by atoms with Crippen LogP contribution in [0.3, 0.4) is 0 Å². The zero-order chi connectivity index (χ0) is 13.1. The van der Waals surface area contributed by atoms with Gasteiger partial charge in [-0.3, -0.25) is 0 Å². The number of benzene rings is 1. The number of nitrogens with zero attached hydrogens (tertiary/aromatic N) is 2. The monoisotopic (exact) mass is 332 g/mol. The van der Waals surface area contributed by atoms with Crippen molar-refractivity contribution in [3.63, 3.8) is 0 Å². The first kappa shape index (κ1) is 12.4. The van der Waals surface area contributed by atoms with Gasteiger partial charge >= 0.3 is 0 Å². The highest BCUT2D eigenvalue weighted by Gasteiger charge is 2.03. The zero-order valence-electron chi connectivity index (χ0n) is 9.79. The molecule has 0 bridgehead atoms. The summed E-state index contributed by atoms with van der Waals surface area (Å²) in [6.45, 7) is 0. The molecule has 0 spiro atoms.